The number of hydrazone groups is 1. The summed E-state index contributed by atoms with van der Waals surface area (Å²) in [5.41, 5.74) is 3.31. The normalized spacial score (nSPS) is 11.1. The number of rotatable bonds is 10. The molecule has 4 aromatic rings. The molecule has 0 atom stereocenters. The third-order valence-electron chi connectivity index (χ3n) is 5.24. The van der Waals surface area contributed by atoms with Crippen LogP contribution in [-0.4, -0.2) is 40.7 Å². The Labute approximate surface area is 224 Å². The lowest BCUT2D eigenvalue weighted by atomic mass is 10.2. The van der Waals surface area contributed by atoms with Crippen LogP contribution in [0.25, 0.3) is 0 Å². The van der Waals surface area contributed by atoms with Crippen LogP contribution in [0, 0.1) is 0 Å². The maximum atomic E-state index is 12.8. The van der Waals surface area contributed by atoms with Gasteiger partial charge in [0, 0.05) is 11.3 Å². The van der Waals surface area contributed by atoms with E-state index in [9.17, 15) is 18.0 Å². The van der Waals surface area contributed by atoms with Crippen LogP contribution in [0.1, 0.15) is 26.5 Å². The van der Waals surface area contributed by atoms with E-state index in [1.165, 1.54) is 63.1 Å². The van der Waals surface area contributed by atoms with Gasteiger partial charge in [0.05, 0.1) is 31.6 Å². The number of esters is 1. The molecule has 0 aliphatic heterocycles. The molecule has 1 heterocycles. The Bertz CT molecular complexity index is 1600. The van der Waals surface area contributed by atoms with Crippen LogP contribution in [0.5, 0.6) is 17.2 Å². The molecule has 39 heavy (non-hydrogen) atoms. The van der Waals surface area contributed by atoms with Crippen molar-refractivity contribution in [2.75, 3.05) is 18.9 Å². The van der Waals surface area contributed by atoms with Crippen molar-refractivity contribution < 1.29 is 36.6 Å². The van der Waals surface area contributed by atoms with Crippen LogP contribution < -0.4 is 24.4 Å². The molecule has 0 fully saturated rings. The highest BCUT2D eigenvalue weighted by atomic mass is 32.2. The SMILES string of the molecule is COc1ccc(NS(=O)(=O)c2cccc(C(=O)N/N=C\c3ccc(OC(=O)c4ccco4)c(OC)c3)c2)cc1. The van der Waals surface area contributed by atoms with Crippen molar-refractivity contribution in [3.63, 3.8) is 0 Å². The Hall–Kier alpha value is -5.10. The van der Waals surface area contributed by atoms with E-state index in [0.717, 1.165) is 0 Å². The van der Waals surface area contributed by atoms with Crippen molar-refractivity contribution in [3.05, 3.63) is 102 Å². The number of carbonyl (C=O) groups is 2. The third-order valence-corrected chi connectivity index (χ3v) is 6.62. The first-order valence-corrected chi connectivity index (χ1v) is 12.8. The molecule has 200 valence electrons. The van der Waals surface area contributed by atoms with E-state index in [2.05, 4.69) is 15.2 Å². The van der Waals surface area contributed by atoms with Gasteiger partial charge in [-0.1, -0.05) is 6.07 Å². The Morgan fingerprint density at radius 2 is 1.69 bits per heavy atom. The topological polar surface area (TPSA) is 146 Å². The molecular formula is C27H23N3O8S. The summed E-state index contributed by atoms with van der Waals surface area (Å²) in [4.78, 5) is 24.6. The largest absolute Gasteiger partial charge is 0.497 e. The van der Waals surface area contributed by atoms with Gasteiger partial charge < -0.3 is 18.6 Å². The summed E-state index contributed by atoms with van der Waals surface area (Å²) in [5, 5.41) is 3.92. The molecule has 0 bridgehead atoms. The predicted molar refractivity (Wildman–Crippen MR) is 142 cm³/mol. The second kappa shape index (κ2) is 12.0. The fourth-order valence-corrected chi connectivity index (χ4v) is 4.41. The van der Waals surface area contributed by atoms with Crippen LogP contribution in [0.4, 0.5) is 5.69 Å². The Morgan fingerprint density at radius 3 is 2.38 bits per heavy atom. The highest BCUT2D eigenvalue weighted by Crippen LogP contribution is 2.28. The Balaban J connectivity index is 1.41. The number of furan rings is 1. The summed E-state index contributed by atoms with van der Waals surface area (Å²) in [6.07, 6.45) is 2.71. The minimum atomic E-state index is -3.95. The van der Waals surface area contributed by atoms with Gasteiger partial charge in [-0.25, -0.2) is 18.6 Å². The number of anilines is 1. The highest BCUT2D eigenvalue weighted by Gasteiger charge is 2.17. The molecule has 0 radical (unpaired) electrons. The van der Waals surface area contributed by atoms with E-state index in [-0.39, 0.29) is 27.7 Å². The van der Waals surface area contributed by atoms with Gasteiger partial charge in [0.25, 0.3) is 15.9 Å². The van der Waals surface area contributed by atoms with Crippen molar-refractivity contribution in [2.24, 2.45) is 5.10 Å². The smallest absolute Gasteiger partial charge is 0.379 e. The van der Waals surface area contributed by atoms with Gasteiger partial charge in [0.15, 0.2) is 11.5 Å². The second-order valence-electron chi connectivity index (χ2n) is 7.84. The minimum Gasteiger partial charge on any atom is -0.497 e. The second-order valence-corrected chi connectivity index (χ2v) is 9.52. The first kappa shape index (κ1) is 26.9. The molecule has 0 spiro atoms. The number of hydrogen-bond donors (Lipinski definition) is 2. The molecule has 1 aromatic heterocycles. The van der Waals surface area contributed by atoms with Crippen LogP contribution in [0.3, 0.4) is 0 Å². The number of methoxy groups -OCH3 is 2. The summed E-state index contributed by atoms with van der Waals surface area (Å²) >= 11 is 0. The van der Waals surface area contributed by atoms with Crippen molar-refractivity contribution in [2.45, 2.75) is 4.90 Å². The van der Waals surface area contributed by atoms with Crippen molar-refractivity contribution in [3.8, 4) is 17.2 Å². The van der Waals surface area contributed by atoms with E-state index in [0.29, 0.717) is 17.0 Å². The third kappa shape index (κ3) is 6.81. The number of hydrogen-bond acceptors (Lipinski definition) is 9. The van der Waals surface area contributed by atoms with Crippen LogP contribution in [-0.2, 0) is 10.0 Å². The number of sulfonamides is 1. The lowest BCUT2D eigenvalue weighted by Crippen LogP contribution is -2.19. The fourth-order valence-electron chi connectivity index (χ4n) is 3.30. The average Bonchev–Trinajstić information content (AvgIpc) is 3.49. The Morgan fingerprint density at radius 1 is 0.897 bits per heavy atom. The van der Waals surface area contributed by atoms with Crippen molar-refractivity contribution in [1.82, 2.24) is 5.43 Å². The summed E-state index contributed by atoms with van der Waals surface area (Å²) in [5.74, 6) is -0.258. The van der Waals surface area contributed by atoms with E-state index >= 15 is 0 Å². The summed E-state index contributed by atoms with van der Waals surface area (Å²) < 4.78 is 48.7. The molecule has 12 heteroatoms. The van der Waals surface area contributed by atoms with E-state index in [1.807, 2.05) is 0 Å². The van der Waals surface area contributed by atoms with Crippen LogP contribution in [0.2, 0.25) is 0 Å². The summed E-state index contributed by atoms with van der Waals surface area (Å²) in [6, 6.07) is 19.6. The Kier molecular flexibility index (Phi) is 8.27. The molecule has 2 N–H and O–H groups in total. The molecule has 0 saturated heterocycles. The maximum Gasteiger partial charge on any atom is 0.379 e. The van der Waals surface area contributed by atoms with Gasteiger partial charge >= 0.3 is 5.97 Å². The van der Waals surface area contributed by atoms with Gasteiger partial charge in [-0.05, 0) is 78.4 Å². The first-order chi connectivity index (χ1) is 18.8. The first-order valence-electron chi connectivity index (χ1n) is 11.3. The average molecular weight is 550 g/mol. The molecule has 0 aliphatic carbocycles. The van der Waals surface area contributed by atoms with E-state index in [4.69, 9.17) is 18.6 Å². The molecule has 0 aliphatic rings. The molecule has 1 amide bonds. The zero-order valence-electron chi connectivity index (χ0n) is 20.8. The lowest BCUT2D eigenvalue weighted by Gasteiger charge is -2.10. The van der Waals surface area contributed by atoms with Crippen molar-refractivity contribution >= 4 is 33.8 Å². The molecular weight excluding hydrogens is 526 g/mol. The molecule has 11 nitrogen and oxygen atoms in total. The number of ether oxygens (including phenoxy) is 3. The number of carbonyl (C=O) groups excluding carboxylic acids is 2. The number of amides is 1. The van der Waals surface area contributed by atoms with Crippen LogP contribution in [0.15, 0.2) is 99.5 Å². The number of nitrogens with zero attached hydrogens (tertiary/aromatic N) is 1. The quantitative estimate of drug-likeness (QED) is 0.130. The molecule has 0 saturated carbocycles. The maximum absolute atomic E-state index is 12.8. The van der Waals surface area contributed by atoms with Gasteiger partial charge in [0.1, 0.15) is 5.75 Å². The zero-order chi connectivity index (χ0) is 27.8. The van der Waals surface area contributed by atoms with E-state index in [1.54, 1.807) is 42.5 Å². The minimum absolute atomic E-state index is 0.0405. The van der Waals surface area contributed by atoms with Gasteiger partial charge in [-0.2, -0.15) is 5.10 Å². The van der Waals surface area contributed by atoms with Gasteiger partial charge in [-0.15, -0.1) is 0 Å². The summed E-state index contributed by atoms with van der Waals surface area (Å²) in [6.45, 7) is 0. The van der Waals surface area contributed by atoms with Crippen molar-refractivity contribution in [1.29, 1.82) is 0 Å². The monoisotopic (exact) mass is 549 g/mol. The zero-order valence-corrected chi connectivity index (χ0v) is 21.6. The fraction of sp³-hybridized carbons (Fsp3) is 0.0741. The van der Waals surface area contributed by atoms with Crippen LogP contribution >= 0.6 is 0 Å². The molecule has 0 unspecified atom stereocenters. The number of benzene rings is 3. The van der Waals surface area contributed by atoms with Gasteiger partial charge in [0.2, 0.25) is 5.76 Å². The standard InChI is InChI=1S/C27H23N3O8S/c1-35-21-11-9-20(10-12-21)30-39(33,34)22-6-3-5-19(16-22)26(31)29-28-17-18-8-13-23(25(15-18)36-2)38-27(32)24-7-4-14-37-24/h3-17,30H,1-2H3,(H,29,31)/b28-17-. The molecule has 3 aromatic carbocycles. The lowest BCUT2D eigenvalue weighted by molar-refractivity contribution is 0.0696. The number of nitrogens with one attached hydrogen (secondary N) is 2. The molecule has 4 rings (SSSR count). The van der Waals surface area contributed by atoms with E-state index < -0.39 is 21.9 Å². The summed E-state index contributed by atoms with van der Waals surface area (Å²) in [7, 11) is -1.03. The van der Waals surface area contributed by atoms with Gasteiger partial charge in [-0.3, -0.25) is 9.52 Å². The predicted octanol–water partition coefficient (Wildman–Crippen LogP) is 4.08. The highest BCUT2D eigenvalue weighted by molar-refractivity contribution is 7.92.